The van der Waals surface area contributed by atoms with E-state index in [9.17, 15) is 4.79 Å². The molecule has 1 amide bonds. The molecule has 1 aliphatic heterocycles. The van der Waals surface area contributed by atoms with Crippen LogP contribution in [0.4, 0.5) is 5.82 Å². The Balaban J connectivity index is 1.54. The molecule has 0 spiro atoms. The Labute approximate surface area is 136 Å². The Morgan fingerprint density at radius 1 is 1.22 bits per heavy atom. The van der Waals surface area contributed by atoms with Crippen molar-refractivity contribution in [2.24, 2.45) is 0 Å². The molecule has 23 heavy (non-hydrogen) atoms. The van der Waals surface area contributed by atoms with Crippen molar-refractivity contribution in [1.29, 1.82) is 0 Å². The van der Waals surface area contributed by atoms with Gasteiger partial charge < -0.3 is 19.5 Å². The lowest BCUT2D eigenvalue weighted by atomic mass is 10.2. The van der Waals surface area contributed by atoms with Crippen molar-refractivity contribution in [3.05, 3.63) is 47.5 Å². The minimum Gasteiger partial charge on any atom is -0.456 e. The Hall–Kier alpha value is -2.34. The van der Waals surface area contributed by atoms with Crippen molar-refractivity contribution < 1.29 is 9.21 Å². The van der Waals surface area contributed by atoms with Crippen LogP contribution in [0.15, 0.2) is 34.9 Å². The van der Waals surface area contributed by atoms with Crippen molar-refractivity contribution in [2.75, 3.05) is 38.1 Å². The van der Waals surface area contributed by atoms with E-state index in [-0.39, 0.29) is 5.91 Å². The Bertz CT molecular complexity index is 657. The summed E-state index contributed by atoms with van der Waals surface area (Å²) >= 11 is 0. The van der Waals surface area contributed by atoms with Crippen molar-refractivity contribution in [3.8, 4) is 0 Å². The fourth-order valence-electron chi connectivity index (χ4n) is 2.57. The van der Waals surface area contributed by atoms with E-state index in [1.807, 2.05) is 25.3 Å². The van der Waals surface area contributed by atoms with Gasteiger partial charge in [0, 0.05) is 38.9 Å². The molecule has 1 aliphatic rings. The van der Waals surface area contributed by atoms with Gasteiger partial charge >= 0.3 is 0 Å². The zero-order valence-electron chi connectivity index (χ0n) is 13.6. The minimum atomic E-state index is -0.207. The van der Waals surface area contributed by atoms with Crippen molar-refractivity contribution in [2.45, 2.75) is 13.5 Å². The van der Waals surface area contributed by atoms with E-state index in [1.54, 1.807) is 12.1 Å². The molecule has 0 radical (unpaired) electrons. The predicted octanol–water partition coefficient (Wildman–Crippen LogP) is 1.66. The Kier molecular flexibility index (Phi) is 4.62. The maximum absolute atomic E-state index is 11.9. The van der Waals surface area contributed by atoms with Crippen LogP contribution in [0.25, 0.3) is 0 Å². The lowest BCUT2D eigenvalue weighted by Gasteiger charge is -2.33. The zero-order valence-corrected chi connectivity index (χ0v) is 13.6. The number of aromatic nitrogens is 1. The van der Waals surface area contributed by atoms with E-state index < -0.39 is 0 Å². The van der Waals surface area contributed by atoms with Crippen molar-refractivity contribution in [1.82, 2.24) is 15.2 Å². The fraction of sp³-hybridized carbons (Fsp3) is 0.412. The van der Waals surface area contributed by atoms with E-state index in [0.29, 0.717) is 12.3 Å². The number of carbonyl (C=O) groups is 1. The summed E-state index contributed by atoms with van der Waals surface area (Å²) < 4.78 is 5.30. The van der Waals surface area contributed by atoms with Gasteiger partial charge in [0.05, 0.1) is 0 Å². The summed E-state index contributed by atoms with van der Waals surface area (Å²) in [5, 5.41) is 2.84. The summed E-state index contributed by atoms with van der Waals surface area (Å²) in [7, 11) is 2.14. The molecule has 0 atom stereocenters. The molecule has 3 rings (SSSR count). The lowest BCUT2D eigenvalue weighted by Crippen LogP contribution is -2.44. The number of hydrogen-bond donors (Lipinski definition) is 1. The van der Waals surface area contributed by atoms with Crippen LogP contribution in [0.2, 0.25) is 0 Å². The van der Waals surface area contributed by atoms with Gasteiger partial charge in [0.25, 0.3) is 5.91 Å². The molecule has 6 heteroatoms. The quantitative estimate of drug-likeness (QED) is 0.930. The highest BCUT2D eigenvalue weighted by molar-refractivity contribution is 5.91. The van der Waals surface area contributed by atoms with E-state index in [4.69, 9.17) is 4.42 Å². The molecular formula is C17H22N4O2. The standard InChI is InChI=1S/C17H22N4O2/c1-13-3-5-15(23-13)17(22)19-12-14-4-6-16(18-11-14)21-9-7-20(2)8-10-21/h3-6,11H,7-10,12H2,1-2H3,(H,19,22). The first-order valence-corrected chi connectivity index (χ1v) is 7.85. The van der Waals surface area contributed by atoms with Gasteiger partial charge in [0.15, 0.2) is 5.76 Å². The predicted molar refractivity (Wildman–Crippen MR) is 88.6 cm³/mol. The van der Waals surface area contributed by atoms with E-state index in [2.05, 4.69) is 27.1 Å². The zero-order chi connectivity index (χ0) is 16.2. The van der Waals surface area contributed by atoms with Crippen molar-refractivity contribution in [3.63, 3.8) is 0 Å². The molecule has 1 N–H and O–H groups in total. The van der Waals surface area contributed by atoms with Gasteiger partial charge in [0.1, 0.15) is 11.6 Å². The van der Waals surface area contributed by atoms with Gasteiger partial charge in [-0.15, -0.1) is 0 Å². The maximum atomic E-state index is 11.9. The number of carbonyl (C=O) groups excluding carboxylic acids is 1. The SMILES string of the molecule is Cc1ccc(C(=O)NCc2ccc(N3CCN(C)CC3)nc2)o1. The first-order valence-electron chi connectivity index (χ1n) is 7.85. The highest BCUT2D eigenvalue weighted by Crippen LogP contribution is 2.13. The summed E-state index contributed by atoms with van der Waals surface area (Å²) in [6, 6.07) is 7.48. The summed E-state index contributed by atoms with van der Waals surface area (Å²) in [5.74, 6) is 1.86. The fourth-order valence-corrected chi connectivity index (χ4v) is 2.57. The third-order valence-electron chi connectivity index (χ3n) is 4.05. The average Bonchev–Trinajstić information content (AvgIpc) is 3.00. The summed E-state index contributed by atoms with van der Waals surface area (Å²) in [5.41, 5.74) is 0.972. The number of pyridine rings is 1. The Morgan fingerprint density at radius 3 is 2.61 bits per heavy atom. The molecule has 1 saturated heterocycles. The highest BCUT2D eigenvalue weighted by Gasteiger charge is 2.15. The molecule has 0 aliphatic carbocycles. The van der Waals surface area contributed by atoms with Crippen LogP contribution in [0.5, 0.6) is 0 Å². The van der Waals surface area contributed by atoms with Crippen LogP contribution in [0.3, 0.4) is 0 Å². The molecule has 122 valence electrons. The van der Waals surface area contributed by atoms with Crippen LogP contribution >= 0.6 is 0 Å². The number of nitrogens with one attached hydrogen (secondary N) is 1. The Morgan fingerprint density at radius 2 is 2.00 bits per heavy atom. The molecule has 0 unspecified atom stereocenters. The molecule has 2 aromatic rings. The largest absolute Gasteiger partial charge is 0.456 e. The van der Waals surface area contributed by atoms with Gasteiger partial charge in [-0.3, -0.25) is 4.79 Å². The minimum absolute atomic E-state index is 0.207. The smallest absolute Gasteiger partial charge is 0.287 e. The second kappa shape index (κ2) is 6.83. The van der Waals surface area contributed by atoms with Crippen LogP contribution in [0.1, 0.15) is 21.9 Å². The normalized spacial score (nSPS) is 15.7. The van der Waals surface area contributed by atoms with Gasteiger partial charge in [-0.25, -0.2) is 4.98 Å². The average molecular weight is 314 g/mol. The number of anilines is 1. The lowest BCUT2D eigenvalue weighted by molar-refractivity contribution is 0.0922. The number of piperazine rings is 1. The van der Waals surface area contributed by atoms with E-state index in [0.717, 1.165) is 43.3 Å². The molecule has 0 bridgehead atoms. The summed E-state index contributed by atoms with van der Waals surface area (Å²) in [4.78, 5) is 21.1. The first-order chi connectivity index (χ1) is 11.1. The summed E-state index contributed by atoms with van der Waals surface area (Å²) in [6.07, 6.45) is 1.82. The molecule has 0 saturated carbocycles. The second-order valence-electron chi connectivity index (χ2n) is 5.91. The van der Waals surface area contributed by atoms with Crippen molar-refractivity contribution >= 4 is 11.7 Å². The number of rotatable bonds is 4. The number of likely N-dealkylation sites (N-methyl/N-ethyl adjacent to an activating group) is 1. The number of amides is 1. The number of nitrogens with zero attached hydrogens (tertiary/aromatic N) is 3. The van der Waals surface area contributed by atoms with E-state index in [1.165, 1.54) is 0 Å². The van der Waals surface area contributed by atoms with Gasteiger partial charge in [0.2, 0.25) is 0 Å². The number of aryl methyl sites for hydroxylation is 1. The van der Waals surface area contributed by atoms with Gasteiger partial charge in [-0.05, 0) is 37.7 Å². The van der Waals surface area contributed by atoms with Crippen LogP contribution in [-0.4, -0.2) is 49.0 Å². The second-order valence-corrected chi connectivity index (χ2v) is 5.91. The third-order valence-corrected chi connectivity index (χ3v) is 4.05. The molecule has 6 nitrogen and oxygen atoms in total. The molecule has 2 aromatic heterocycles. The molecular weight excluding hydrogens is 292 g/mol. The molecule has 3 heterocycles. The molecule has 0 aromatic carbocycles. The van der Waals surface area contributed by atoms with Gasteiger partial charge in [-0.1, -0.05) is 6.07 Å². The summed E-state index contributed by atoms with van der Waals surface area (Å²) in [6.45, 7) is 6.37. The number of hydrogen-bond acceptors (Lipinski definition) is 5. The van der Waals surface area contributed by atoms with Crippen LogP contribution in [-0.2, 0) is 6.54 Å². The number of furan rings is 1. The third kappa shape index (κ3) is 3.90. The van der Waals surface area contributed by atoms with Gasteiger partial charge in [-0.2, -0.15) is 0 Å². The topological polar surface area (TPSA) is 61.6 Å². The molecule has 1 fully saturated rings. The maximum Gasteiger partial charge on any atom is 0.287 e. The monoisotopic (exact) mass is 314 g/mol. The van der Waals surface area contributed by atoms with E-state index >= 15 is 0 Å². The van der Waals surface area contributed by atoms with Crippen LogP contribution < -0.4 is 10.2 Å². The highest BCUT2D eigenvalue weighted by atomic mass is 16.3. The first kappa shape index (κ1) is 15.6. The van der Waals surface area contributed by atoms with Crippen LogP contribution in [0, 0.1) is 6.92 Å².